The summed E-state index contributed by atoms with van der Waals surface area (Å²) in [5, 5.41) is 0.178. The van der Waals surface area contributed by atoms with Gasteiger partial charge in [0.15, 0.2) is 0 Å². The number of halogens is 1. The molecule has 70 valence electrons. The van der Waals surface area contributed by atoms with Gasteiger partial charge in [0.1, 0.15) is 0 Å². The van der Waals surface area contributed by atoms with Crippen LogP contribution in [0.2, 0.25) is 5.22 Å². The molecule has 1 fully saturated rings. The fraction of sp³-hybridized carbons (Fsp3) is 0.444. The van der Waals surface area contributed by atoms with Crippen LogP contribution in [0.5, 0.6) is 0 Å². The molecule has 0 atom stereocenters. The van der Waals surface area contributed by atoms with Gasteiger partial charge in [-0.05, 0) is 30.5 Å². The Morgan fingerprint density at radius 1 is 1.69 bits per heavy atom. The topological polar surface area (TPSA) is 33.5 Å². The standard InChI is InChI=1S/C9H10ClNO2/c1-11(6-2-3-6)9(12)7-4-5-13-8(7)10/h4-6H,2-3H2,1H3. The summed E-state index contributed by atoms with van der Waals surface area (Å²) in [6, 6.07) is 2.00. The molecule has 0 aliphatic heterocycles. The van der Waals surface area contributed by atoms with Crippen molar-refractivity contribution >= 4 is 17.5 Å². The highest BCUT2D eigenvalue weighted by molar-refractivity contribution is 6.32. The van der Waals surface area contributed by atoms with E-state index in [1.54, 1.807) is 18.0 Å². The molecule has 0 saturated heterocycles. The van der Waals surface area contributed by atoms with Crippen LogP contribution in [-0.2, 0) is 0 Å². The first kappa shape index (κ1) is 8.63. The van der Waals surface area contributed by atoms with Gasteiger partial charge in [0.25, 0.3) is 5.91 Å². The van der Waals surface area contributed by atoms with Gasteiger partial charge < -0.3 is 9.32 Å². The fourth-order valence-corrected chi connectivity index (χ4v) is 1.46. The number of hydrogen-bond acceptors (Lipinski definition) is 2. The average molecular weight is 200 g/mol. The van der Waals surface area contributed by atoms with E-state index in [1.165, 1.54) is 6.26 Å². The maximum Gasteiger partial charge on any atom is 0.258 e. The molecule has 2 rings (SSSR count). The molecule has 0 radical (unpaired) electrons. The first-order valence-corrected chi connectivity index (χ1v) is 4.58. The molecular formula is C9H10ClNO2. The largest absolute Gasteiger partial charge is 0.452 e. The molecule has 4 heteroatoms. The number of carbonyl (C=O) groups excluding carboxylic acids is 1. The van der Waals surface area contributed by atoms with E-state index in [0.29, 0.717) is 11.6 Å². The van der Waals surface area contributed by atoms with Crippen LogP contribution in [0.4, 0.5) is 0 Å². The molecule has 1 amide bonds. The van der Waals surface area contributed by atoms with Crippen LogP contribution in [0.3, 0.4) is 0 Å². The molecule has 1 heterocycles. The lowest BCUT2D eigenvalue weighted by atomic mass is 10.3. The summed E-state index contributed by atoms with van der Waals surface area (Å²) in [6.07, 6.45) is 3.62. The van der Waals surface area contributed by atoms with Crippen LogP contribution < -0.4 is 0 Å². The predicted molar refractivity (Wildman–Crippen MR) is 48.8 cm³/mol. The van der Waals surface area contributed by atoms with E-state index in [2.05, 4.69) is 0 Å². The number of hydrogen-bond donors (Lipinski definition) is 0. The molecule has 0 N–H and O–H groups in total. The molecule has 1 aliphatic rings. The first-order valence-electron chi connectivity index (χ1n) is 4.20. The van der Waals surface area contributed by atoms with Crippen molar-refractivity contribution in [3.63, 3.8) is 0 Å². The van der Waals surface area contributed by atoms with Crippen molar-refractivity contribution in [1.29, 1.82) is 0 Å². The Bertz CT molecular complexity index is 330. The second-order valence-electron chi connectivity index (χ2n) is 3.26. The zero-order valence-electron chi connectivity index (χ0n) is 7.29. The zero-order valence-corrected chi connectivity index (χ0v) is 8.04. The Morgan fingerprint density at radius 3 is 2.85 bits per heavy atom. The highest BCUT2D eigenvalue weighted by Crippen LogP contribution is 2.28. The van der Waals surface area contributed by atoms with E-state index in [-0.39, 0.29) is 11.1 Å². The van der Waals surface area contributed by atoms with E-state index in [4.69, 9.17) is 16.0 Å². The average Bonchev–Trinajstić information content (AvgIpc) is 2.87. The summed E-state index contributed by atoms with van der Waals surface area (Å²) >= 11 is 5.69. The van der Waals surface area contributed by atoms with Crippen molar-refractivity contribution in [2.75, 3.05) is 7.05 Å². The zero-order chi connectivity index (χ0) is 9.42. The van der Waals surface area contributed by atoms with Crippen molar-refractivity contribution in [2.24, 2.45) is 0 Å². The Balaban J connectivity index is 2.16. The second kappa shape index (κ2) is 3.07. The monoisotopic (exact) mass is 199 g/mol. The van der Waals surface area contributed by atoms with Crippen molar-refractivity contribution < 1.29 is 9.21 Å². The van der Waals surface area contributed by atoms with Gasteiger partial charge >= 0.3 is 0 Å². The summed E-state index contributed by atoms with van der Waals surface area (Å²) in [7, 11) is 1.79. The molecule has 1 saturated carbocycles. The highest BCUT2D eigenvalue weighted by Gasteiger charge is 2.31. The Morgan fingerprint density at radius 2 is 2.38 bits per heavy atom. The van der Waals surface area contributed by atoms with Gasteiger partial charge in [-0.3, -0.25) is 4.79 Å². The Kier molecular flexibility index (Phi) is 2.04. The van der Waals surface area contributed by atoms with E-state index in [9.17, 15) is 4.79 Å². The van der Waals surface area contributed by atoms with Gasteiger partial charge in [-0.2, -0.15) is 0 Å². The van der Waals surface area contributed by atoms with Gasteiger partial charge in [-0.15, -0.1) is 0 Å². The molecule has 1 aliphatic carbocycles. The third kappa shape index (κ3) is 1.56. The molecular weight excluding hydrogens is 190 g/mol. The number of rotatable bonds is 2. The summed E-state index contributed by atoms with van der Waals surface area (Å²) in [4.78, 5) is 13.4. The van der Waals surface area contributed by atoms with Gasteiger partial charge in [0.05, 0.1) is 11.8 Å². The fourth-order valence-electron chi connectivity index (χ4n) is 1.26. The van der Waals surface area contributed by atoms with Crippen molar-refractivity contribution in [1.82, 2.24) is 4.90 Å². The number of carbonyl (C=O) groups is 1. The van der Waals surface area contributed by atoms with Crippen molar-refractivity contribution in [2.45, 2.75) is 18.9 Å². The molecule has 0 aromatic carbocycles. The quantitative estimate of drug-likeness (QED) is 0.732. The highest BCUT2D eigenvalue weighted by atomic mass is 35.5. The van der Waals surface area contributed by atoms with Crippen molar-refractivity contribution in [3.8, 4) is 0 Å². The van der Waals surface area contributed by atoms with E-state index in [0.717, 1.165) is 12.8 Å². The van der Waals surface area contributed by atoms with E-state index < -0.39 is 0 Å². The Hall–Kier alpha value is -0.960. The van der Waals surface area contributed by atoms with Gasteiger partial charge in [0.2, 0.25) is 5.22 Å². The summed E-state index contributed by atoms with van der Waals surface area (Å²) in [5.74, 6) is -0.0544. The number of nitrogens with zero attached hydrogens (tertiary/aromatic N) is 1. The SMILES string of the molecule is CN(C(=O)c1ccoc1Cl)C1CC1. The smallest absolute Gasteiger partial charge is 0.258 e. The molecule has 1 aromatic rings. The lowest BCUT2D eigenvalue weighted by Gasteiger charge is -2.14. The lowest BCUT2D eigenvalue weighted by molar-refractivity contribution is 0.0784. The normalized spacial score (nSPS) is 15.8. The Labute approximate surface area is 81.3 Å². The van der Waals surface area contributed by atoms with Crippen LogP contribution in [0, 0.1) is 0 Å². The summed E-state index contributed by atoms with van der Waals surface area (Å²) in [5.41, 5.74) is 0.455. The predicted octanol–water partition coefficient (Wildman–Crippen LogP) is 2.17. The summed E-state index contributed by atoms with van der Waals surface area (Å²) in [6.45, 7) is 0. The molecule has 0 unspecified atom stereocenters. The van der Waals surface area contributed by atoms with Crippen LogP contribution in [0.15, 0.2) is 16.7 Å². The molecule has 0 bridgehead atoms. The second-order valence-corrected chi connectivity index (χ2v) is 3.60. The third-order valence-corrected chi connectivity index (χ3v) is 2.56. The van der Waals surface area contributed by atoms with E-state index >= 15 is 0 Å². The molecule has 0 spiro atoms. The van der Waals surface area contributed by atoms with E-state index in [1.807, 2.05) is 0 Å². The minimum absolute atomic E-state index is 0.0544. The molecule has 1 aromatic heterocycles. The molecule has 3 nitrogen and oxygen atoms in total. The van der Waals surface area contributed by atoms with Crippen LogP contribution in [0.25, 0.3) is 0 Å². The number of amides is 1. The first-order chi connectivity index (χ1) is 6.20. The molecule has 13 heavy (non-hydrogen) atoms. The summed E-state index contributed by atoms with van der Waals surface area (Å²) < 4.78 is 4.85. The lowest BCUT2D eigenvalue weighted by Crippen LogP contribution is -2.28. The van der Waals surface area contributed by atoms with Gasteiger partial charge in [-0.25, -0.2) is 0 Å². The maximum atomic E-state index is 11.7. The van der Waals surface area contributed by atoms with Gasteiger partial charge in [-0.1, -0.05) is 0 Å². The third-order valence-electron chi connectivity index (χ3n) is 2.26. The van der Waals surface area contributed by atoms with Crippen LogP contribution >= 0.6 is 11.6 Å². The van der Waals surface area contributed by atoms with Gasteiger partial charge in [0, 0.05) is 13.1 Å². The maximum absolute atomic E-state index is 11.7. The van der Waals surface area contributed by atoms with Crippen molar-refractivity contribution in [3.05, 3.63) is 23.1 Å². The number of furan rings is 1. The minimum Gasteiger partial charge on any atom is -0.452 e. The van der Waals surface area contributed by atoms with Crippen LogP contribution in [0.1, 0.15) is 23.2 Å². The minimum atomic E-state index is -0.0544. The van der Waals surface area contributed by atoms with Crippen LogP contribution in [-0.4, -0.2) is 23.9 Å².